The molecule has 1 aliphatic heterocycles. The van der Waals surface area contributed by atoms with Crippen LogP contribution in [0.1, 0.15) is 33.1 Å². The highest BCUT2D eigenvalue weighted by atomic mass is 16.1. The Morgan fingerprint density at radius 3 is 2.59 bits per heavy atom. The van der Waals surface area contributed by atoms with E-state index in [2.05, 4.69) is 29.4 Å². The Morgan fingerprint density at radius 2 is 1.94 bits per heavy atom. The summed E-state index contributed by atoms with van der Waals surface area (Å²) in [4.78, 5) is 13.9. The predicted molar refractivity (Wildman–Crippen MR) is 71.0 cm³/mol. The number of carbonyl (C=O) groups excluding carboxylic acids is 1. The molecule has 0 bridgehead atoms. The Kier molecular flexibility index (Phi) is 7.21. The van der Waals surface area contributed by atoms with Gasteiger partial charge in [0.1, 0.15) is 0 Å². The van der Waals surface area contributed by atoms with Gasteiger partial charge in [-0.3, -0.25) is 4.79 Å². The molecule has 4 heteroatoms. The van der Waals surface area contributed by atoms with Crippen LogP contribution >= 0.6 is 0 Å². The molecule has 0 aliphatic carbocycles. The quantitative estimate of drug-likeness (QED) is 0.619. The molecule has 0 aromatic heterocycles. The van der Waals surface area contributed by atoms with E-state index in [-0.39, 0.29) is 5.91 Å². The van der Waals surface area contributed by atoms with Crippen molar-refractivity contribution in [1.82, 2.24) is 15.5 Å². The molecule has 1 saturated heterocycles. The third kappa shape index (κ3) is 7.34. The summed E-state index contributed by atoms with van der Waals surface area (Å²) >= 11 is 0. The van der Waals surface area contributed by atoms with E-state index in [4.69, 9.17) is 0 Å². The van der Waals surface area contributed by atoms with Crippen LogP contribution < -0.4 is 10.6 Å². The average molecular weight is 241 g/mol. The van der Waals surface area contributed by atoms with Crippen molar-refractivity contribution in [2.75, 3.05) is 39.3 Å². The first-order chi connectivity index (χ1) is 8.18. The van der Waals surface area contributed by atoms with Crippen LogP contribution in [0.3, 0.4) is 0 Å². The molecule has 4 nitrogen and oxygen atoms in total. The predicted octanol–water partition coefficient (Wildman–Crippen LogP) is 0.834. The lowest BCUT2D eigenvalue weighted by Gasteiger charge is -2.14. The Labute approximate surface area is 105 Å². The fraction of sp³-hybridized carbons (Fsp3) is 0.923. The summed E-state index contributed by atoms with van der Waals surface area (Å²) in [5, 5.41) is 6.25. The van der Waals surface area contributed by atoms with Gasteiger partial charge in [0.2, 0.25) is 5.91 Å². The molecule has 1 amide bonds. The average Bonchev–Trinajstić information content (AvgIpc) is 2.79. The Balaban J connectivity index is 1.87. The van der Waals surface area contributed by atoms with Crippen LogP contribution in [0.5, 0.6) is 0 Å². The summed E-state index contributed by atoms with van der Waals surface area (Å²) in [5.41, 5.74) is 0. The van der Waals surface area contributed by atoms with Gasteiger partial charge >= 0.3 is 0 Å². The number of rotatable bonds is 8. The molecule has 1 rings (SSSR count). The first-order valence-electron chi connectivity index (χ1n) is 6.88. The van der Waals surface area contributed by atoms with Crippen molar-refractivity contribution < 1.29 is 4.79 Å². The van der Waals surface area contributed by atoms with Crippen molar-refractivity contribution in [3.63, 3.8) is 0 Å². The number of nitrogens with zero attached hydrogens (tertiary/aromatic N) is 1. The Hall–Kier alpha value is -0.610. The van der Waals surface area contributed by atoms with Gasteiger partial charge in [-0.25, -0.2) is 0 Å². The SMILES string of the molecule is CC(C)CNC(=O)CCNCCN1CCCC1. The topological polar surface area (TPSA) is 44.4 Å². The lowest BCUT2D eigenvalue weighted by atomic mass is 10.2. The van der Waals surface area contributed by atoms with Crippen molar-refractivity contribution in [1.29, 1.82) is 0 Å². The first kappa shape index (κ1) is 14.5. The molecule has 0 aromatic rings. The number of amides is 1. The molecule has 0 aromatic carbocycles. The fourth-order valence-corrected chi connectivity index (χ4v) is 1.98. The number of hydrogen-bond donors (Lipinski definition) is 2. The Morgan fingerprint density at radius 1 is 1.24 bits per heavy atom. The molecular formula is C13H27N3O. The van der Waals surface area contributed by atoms with Crippen LogP contribution in [0.2, 0.25) is 0 Å². The summed E-state index contributed by atoms with van der Waals surface area (Å²) in [6.45, 7) is 10.4. The van der Waals surface area contributed by atoms with Crippen LogP contribution in [0.25, 0.3) is 0 Å². The smallest absolute Gasteiger partial charge is 0.221 e. The van der Waals surface area contributed by atoms with Gasteiger partial charge in [0.25, 0.3) is 0 Å². The van der Waals surface area contributed by atoms with Crippen LogP contribution in [0.4, 0.5) is 0 Å². The summed E-state index contributed by atoms with van der Waals surface area (Å²) in [6.07, 6.45) is 3.28. The van der Waals surface area contributed by atoms with Crippen LogP contribution in [0.15, 0.2) is 0 Å². The van der Waals surface area contributed by atoms with Gasteiger partial charge in [-0.15, -0.1) is 0 Å². The largest absolute Gasteiger partial charge is 0.356 e. The number of nitrogens with one attached hydrogen (secondary N) is 2. The minimum atomic E-state index is 0.160. The first-order valence-corrected chi connectivity index (χ1v) is 6.88. The zero-order valence-corrected chi connectivity index (χ0v) is 11.3. The molecule has 100 valence electrons. The van der Waals surface area contributed by atoms with Crippen molar-refractivity contribution in [3.8, 4) is 0 Å². The fourth-order valence-electron chi connectivity index (χ4n) is 1.98. The standard InChI is InChI=1S/C13H27N3O/c1-12(2)11-15-13(17)5-6-14-7-10-16-8-3-4-9-16/h12,14H,3-11H2,1-2H3,(H,15,17). The van der Waals surface area contributed by atoms with E-state index in [0.717, 1.165) is 26.2 Å². The van der Waals surface area contributed by atoms with Gasteiger partial charge in [-0.2, -0.15) is 0 Å². The number of hydrogen-bond acceptors (Lipinski definition) is 3. The summed E-state index contributed by atoms with van der Waals surface area (Å²) < 4.78 is 0. The third-order valence-corrected chi connectivity index (χ3v) is 3.04. The minimum Gasteiger partial charge on any atom is -0.356 e. The zero-order chi connectivity index (χ0) is 12.5. The highest BCUT2D eigenvalue weighted by Gasteiger charge is 2.10. The summed E-state index contributed by atoms with van der Waals surface area (Å²) in [7, 11) is 0. The van der Waals surface area contributed by atoms with Gasteiger partial charge in [0, 0.05) is 32.6 Å². The molecule has 0 unspecified atom stereocenters. The van der Waals surface area contributed by atoms with E-state index in [1.165, 1.54) is 25.9 Å². The maximum atomic E-state index is 11.4. The zero-order valence-electron chi connectivity index (χ0n) is 11.3. The number of likely N-dealkylation sites (tertiary alicyclic amines) is 1. The van der Waals surface area contributed by atoms with Crippen LogP contribution in [-0.4, -0.2) is 50.1 Å². The molecule has 2 N–H and O–H groups in total. The van der Waals surface area contributed by atoms with E-state index in [1.54, 1.807) is 0 Å². The van der Waals surface area contributed by atoms with Crippen molar-refractivity contribution in [2.24, 2.45) is 5.92 Å². The maximum Gasteiger partial charge on any atom is 0.221 e. The van der Waals surface area contributed by atoms with Gasteiger partial charge in [0.15, 0.2) is 0 Å². The maximum absolute atomic E-state index is 11.4. The normalized spacial score (nSPS) is 16.6. The molecule has 1 fully saturated rings. The summed E-state index contributed by atoms with van der Waals surface area (Å²) in [6, 6.07) is 0. The molecule has 1 aliphatic rings. The number of carbonyl (C=O) groups is 1. The minimum absolute atomic E-state index is 0.160. The van der Waals surface area contributed by atoms with Crippen LogP contribution in [-0.2, 0) is 4.79 Å². The molecule has 1 heterocycles. The highest BCUT2D eigenvalue weighted by molar-refractivity contribution is 5.76. The van der Waals surface area contributed by atoms with Crippen LogP contribution in [0, 0.1) is 5.92 Å². The molecule has 17 heavy (non-hydrogen) atoms. The molecule has 0 spiro atoms. The van der Waals surface area contributed by atoms with Crippen molar-refractivity contribution in [3.05, 3.63) is 0 Å². The van der Waals surface area contributed by atoms with E-state index < -0.39 is 0 Å². The second kappa shape index (κ2) is 8.48. The second-order valence-electron chi connectivity index (χ2n) is 5.25. The molecule has 0 atom stereocenters. The summed E-state index contributed by atoms with van der Waals surface area (Å²) in [5.74, 6) is 0.689. The monoisotopic (exact) mass is 241 g/mol. The van der Waals surface area contributed by atoms with E-state index in [0.29, 0.717) is 12.3 Å². The molecule has 0 radical (unpaired) electrons. The van der Waals surface area contributed by atoms with E-state index in [1.807, 2.05) is 0 Å². The van der Waals surface area contributed by atoms with E-state index in [9.17, 15) is 4.79 Å². The highest BCUT2D eigenvalue weighted by Crippen LogP contribution is 2.05. The lowest BCUT2D eigenvalue weighted by molar-refractivity contribution is -0.121. The molecular weight excluding hydrogens is 214 g/mol. The van der Waals surface area contributed by atoms with Gasteiger partial charge in [0.05, 0.1) is 0 Å². The van der Waals surface area contributed by atoms with Crippen molar-refractivity contribution in [2.45, 2.75) is 33.1 Å². The second-order valence-corrected chi connectivity index (χ2v) is 5.25. The van der Waals surface area contributed by atoms with E-state index >= 15 is 0 Å². The third-order valence-electron chi connectivity index (χ3n) is 3.04. The van der Waals surface area contributed by atoms with Gasteiger partial charge < -0.3 is 15.5 Å². The van der Waals surface area contributed by atoms with Gasteiger partial charge in [-0.05, 0) is 31.8 Å². The Bertz CT molecular complexity index is 213. The van der Waals surface area contributed by atoms with Gasteiger partial charge in [-0.1, -0.05) is 13.8 Å². The lowest BCUT2D eigenvalue weighted by Crippen LogP contribution is -2.33. The van der Waals surface area contributed by atoms with Crippen molar-refractivity contribution >= 4 is 5.91 Å². The molecule has 0 saturated carbocycles.